The van der Waals surface area contributed by atoms with E-state index in [4.69, 9.17) is 0 Å². The van der Waals surface area contributed by atoms with Crippen LogP contribution in [0.3, 0.4) is 0 Å². The third kappa shape index (κ3) is 4.94. The normalized spacial score (nSPS) is 17.1. The monoisotopic (exact) mass is 279 g/mol. The van der Waals surface area contributed by atoms with Crippen LogP contribution in [0.1, 0.15) is 45.3 Å². The summed E-state index contributed by atoms with van der Waals surface area (Å²) in [5.74, 6) is -0.160. The molecule has 3 N–H and O–H groups in total. The molecule has 0 spiro atoms. The zero-order valence-electron chi connectivity index (χ0n) is 12.5. The van der Waals surface area contributed by atoms with Crippen LogP contribution in [0.4, 0.5) is 0 Å². The number of rotatable bonds is 7. The van der Waals surface area contributed by atoms with E-state index in [2.05, 4.69) is 5.32 Å². The molecule has 112 valence electrons. The summed E-state index contributed by atoms with van der Waals surface area (Å²) in [7, 11) is 0. The van der Waals surface area contributed by atoms with E-state index in [-0.39, 0.29) is 24.8 Å². The van der Waals surface area contributed by atoms with E-state index in [1.165, 1.54) is 0 Å². The lowest BCUT2D eigenvalue weighted by molar-refractivity contribution is -0.124. The number of benzene rings is 1. The third-order valence-corrected chi connectivity index (χ3v) is 3.88. The number of nitrogens with one attached hydrogen (secondary N) is 1. The minimum absolute atomic E-state index is 0.000595. The van der Waals surface area contributed by atoms with Crippen LogP contribution in [-0.4, -0.2) is 28.3 Å². The topological polar surface area (TPSA) is 69.6 Å². The van der Waals surface area contributed by atoms with Crippen molar-refractivity contribution in [1.82, 2.24) is 5.32 Å². The highest BCUT2D eigenvalue weighted by Gasteiger charge is 2.27. The maximum Gasteiger partial charge on any atom is 0.223 e. The van der Waals surface area contributed by atoms with Crippen molar-refractivity contribution in [1.29, 1.82) is 0 Å². The van der Waals surface area contributed by atoms with Gasteiger partial charge in [-0.1, -0.05) is 50.6 Å². The highest BCUT2D eigenvalue weighted by atomic mass is 16.3. The molecule has 1 aromatic carbocycles. The summed E-state index contributed by atoms with van der Waals surface area (Å²) in [5, 5.41) is 22.8. The molecule has 0 heterocycles. The molecule has 1 amide bonds. The molecular weight excluding hydrogens is 254 g/mol. The number of carbonyl (C=O) groups is 1. The quantitative estimate of drug-likeness (QED) is 0.715. The largest absolute Gasteiger partial charge is 0.388 e. The molecule has 3 atom stereocenters. The average molecular weight is 279 g/mol. The van der Waals surface area contributed by atoms with E-state index >= 15 is 0 Å². The van der Waals surface area contributed by atoms with Gasteiger partial charge in [-0.3, -0.25) is 4.79 Å². The van der Waals surface area contributed by atoms with Crippen LogP contribution in [0.2, 0.25) is 0 Å². The Morgan fingerprint density at radius 3 is 2.50 bits per heavy atom. The van der Waals surface area contributed by atoms with Gasteiger partial charge in [-0.25, -0.2) is 0 Å². The lowest BCUT2D eigenvalue weighted by atomic mass is 9.88. The fourth-order valence-electron chi connectivity index (χ4n) is 1.93. The Kier molecular flexibility index (Phi) is 6.17. The lowest BCUT2D eigenvalue weighted by Crippen LogP contribution is -2.45. The van der Waals surface area contributed by atoms with Crippen LogP contribution >= 0.6 is 0 Å². The van der Waals surface area contributed by atoms with Gasteiger partial charge < -0.3 is 15.5 Å². The fourth-order valence-corrected chi connectivity index (χ4v) is 1.93. The second kappa shape index (κ2) is 7.41. The van der Waals surface area contributed by atoms with Crippen molar-refractivity contribution in [2.75, 3.05) is 6.54 Å². The molecule has 0 saturated carbocycles. The fraction of sp³-hybridized carbons (Fsp3) is 0.562. The first-order valence-electron chi connectivity index (χ1n) is 7.09. The van der Waals surface area contributed by atoms with Gasteiger partial charge in [-0.15, -0.1) is 0 Å². The summed E-state index contributed by atoms with van der Waals surface area (Å²) in [6.45, 7) is 5.86. The lowest BCUT2D eigenvalue weighted by Gasteiger charge is -2.29. The second-order valence-electron chi connectivity index (χ2n) is 5.57. The van der Waals surface area contributed by atoms with Crippen molar-refractivity contribution in [2.24, 2.45) is 5.92 Å². The van der Waals surface area contributed by atoms with Crippen LogP contribution in [0, 0.1) is 5.92 Å². The molecule has 4 heteroatoms. The number of aliphatic hydroxyl groups excluding tert-OH is 1. The van der Waals surface area contributed by atoms with Crippen molar-refractivity contribution < 1.29 is 15.0 Å². The van der Waals surface area contributed by atoms with Gasteiger partial charge >= 0.3 is 0 Å². The predicted octanol–water partition coefficient (Wildman–Crippen LogP) is 2.02. The van der Waals surface area contributed by atoms with Crippen molar-refractivity contribution >= 4 is 5.91 Å². The Balaban J connectivity index is 2.45. The maximum absolute atomic E-state index is 11.8. The van der Waals surface area contributed by atoms with Gasteiger partial charge in [0, 0.05) is 6.54 Å². The standard InChI is InChI=1S/C16H25NO3/c1-4-12(2)16(3,20)11-17-15(19)10-14(18)13-8-6-5-7-9-13/h5-9,12,14,18,20H,4,10-11H2,1-3H3,(H,17,19). The SMILES string of the molecule is CCC(C)C(C)(O)CNC(=O)CC(O)c1ccccc1. The molecule has 0 radical (unpaired) electrons. The Morgan fingerprint density at radius 2 is 1.95 bits per heavy atom. The average Bonchev–Trinajstić information content (AvgIpc) is 2.45. The number of carbonyl (C=O) groups excluding carboxylic acids is 1. The molecule has 0 saturated heterocycles. The highest BCUT2D eigenvalue weighted by molar-refractivity contribution is 5.76. The van der Waals surface area contributed by atoms with E-state index in [1.54, 1.807) is 19.1 Å². The minimum atomic E-state index is -0.928. The smallest absolute Gasteiger partial charge is 0.223 e. The summed E-state index contributed by atoms with van der Waals surface area (Å²) in [6.07, 6.45) is 0.0283. The van der Waals surface area contributed by atoms with Crippen LogP contribution in [-0.2, 0) is 4.79 Å². The summed E-state index contributed by atoms with van der Waals surface area (Å²) in [4.78, 5) is 11.8. The van der Waals surface area contributed by atoms with E-state index in [1.807, 2.05) is 32.0 Å². The van der Waals surface area contributed by atoms with Crippen molar-refractivity contribution in [3.05, 3.63) is 35.9 Å². The van der Waals surface area contributed by atoms with Crippen molar-refractivity contribution in [3.63, 3.8) is 0 Å². The third-order valence-electron chi connectivity index (χ3n) is 3.88. The Morgan fingerprint density at radius 1 is 1.35 bits per heavy atom. The zero-order valence-corrected chi connectivity index (χ0v) is 12.5. The Labute approximate surface area is 120 Å². The molecule has 20 heavy (non-hydrogen) atoms. The Hall–Kier alpha value is -1.39. The predicted molar refractivity (Wildman–Crippen MR) is 79.1 cm³/mol. The van der Waals surface area contributed by atoms with Gasteiger partial charge in [0.2, 0.25) is 5.91 Å². The molecule has 0 aliphatic heterocycles. The van der Waals surface area contributed by atoms with Crippen molar-refractivity contribution in [2.45, 2.75) is 45.3 Å². The number of hydrogen-bond acceptors (Lipinski definition) is 3. The number of amides is 1. The molecule has 0 aliphatic rings. The van der Waals surface area contributed by atoms with Gasteiger partial charge in [0.1, 0.15) is 0 Å². The van der Waals surface area contributed by atoms with Crippen LogP contribution in [0.5, 0.6) is 0 Å². The summed E-state index contributed by atoms with van der Waals surface area (Å²) < 4.78 is 0. The van der Waals surface area contributed by atoms with E-state index in [0.717, 1.165) is 12.0 Å². The molecule has 0 fully saturated rings. The molecule has 4 nitrogen and oxygen atoms in total. The van der Waals surface area contributed by atoms with Crippen molar-refractivity contribution in [3.8, 4) is 0 Å². The summed E-state index contributed by atoms with van der Waals surface area (Å²) in [5.41, 5.74) is -0.210. The molecule has 1 aromatic rings. The van der Waals surface area contributed by atoms with Crippen LogP contribution in [0.15, 0.2) is 30.3 Å². The molecular formula is C16H25NO3. The van der Waals surface area contributed by atoms with Crippen LogP contribution < -0.4 is 5.32 Å². The van der Waals surface area contributed by atoms with Crippen LogP contribution in [0.25, 0.3) is 0 Å². The molecule has 3 unspecified atom stereocenters. The van der Waals surface area contributed by atoms with E-state index in [9.17, 15) is 15.0 Å². The number of aliphatic hydroxyl groups is 2. The molecule has 1 rings (SSSR count). The molecule has 0 aromatic heterocycles. The zero-order chi connectivity index (χ0) is 15.2. The van der Waals surface area contributed by atoms with Gasteiger partial charge in [0.15, 0.2) is 0 Å². The van der Waals surface area contributed by atoms with E-state index < -0.39 is 11.7 Å². The second-order valence-corrected chi connectivity index (χ2v) is 5.57. The maximum atomic E-state index is 11.8. The van der Waals surface area contributed by atoms with Gasteiger partial charge in [-0.05, 0) is 18.4 Å². The number of hydrogen-bond donors (Lipinski definition) is 3. The minimum Gasteiger partial charge on any atom is -0.388 e. The van der Waals surface area contributed by atoms with Gasteiger partial charge in [0.05, 0.1) is 18.1 Å². The van der Waals surface area contributed by atoms with E-state index in [0.29, 0.717) is 0 Å². The van der Waals surface area contributed by atoms with Gasteiger partial charge in [-0.2, -0.15) is 0 Å². The highest BCUT2D eigenvalue weighted by Crippen LogP contribution is 2.19. The van der Waals surface area contributed by atoms with Gasteiger partial charge in [0.25, 0.3) is 0 Å². The first-order chi connectivity index (χ1) is 9.36. The Bertz CT molecular complexity index is 417. The molecule has 0 aliphatic carbocycles. The summed E-state index contributed by atoms with van der Waals surface area (Å²) in [6, 6.07) is 9.08. The summed E-state index contributed by atoms with van der Waals surface area (Å²) >= 11 is 0. The molecule has 0 bridgehead atoms. The first-order valence-corrected chi connectivity index (χ1v) is 7.09. The first kappa shape index (κ1) is 16.7.